The lowest BCUT2D eigenvalue weighted by atomic mass is 10.1. The molecule has 0 unspecified atom stereocenters. The van der Waals surface area contributed by atoms with Crippen LogP contribution in [0.25, 0.3) is 0 Å². The first-order valence-corrected chi connectivity index (χ1v) is 4.39. The van der Waals surface area contributed by atoms with Crippen LogP contribution < -0.4 is 10.5 Å². The van der Waals surface area contributed by atoms with Crippen molar-refractivity contribution in [3.8, 4) is 5.75 Å². The van der Waals surface area contributed by atoms with E-state index in [1.54, 1.807) is 0 Å². The predicted octanol–water partition coefficient (Wildman–Crippen LogP) is 1.97. The predicted molar refractivity (Wildman–Crippen MR) is 50.7 cm³/mol. The minimum atomic E-state index is -2.97. The molecule has 0 spiro atoms. The molecular formula is C10H12F3NO. The summed E-state index contributed by atoms with van der Waals surface area (Å²) in [4.78, 5) is 0. The molecule has 1 rings (SSSR count). The summed E-state index contributed by atoms with van der Waals surface area (Å²) in [7, 11) is 1.28. The van der Waals surface area contributed by atoms with Gasteiger partial charge in [0, 0.05) is 6.42 Å². The van der Waals surface area contributed by atoms with Gasteiger partial charge in [-0.2, -0.15) is 0 Å². The molecule has 0 saturated carbocycles. The molecule has 2 nitrogen and oxygen atoms in total. The summed E-state index contributed by atoms with van der Waals surface area (Å²) >= 11 is 0. The van der Waals surface area contributed by atoms with E-state index in [0.29, 0.717) is 5.56 Å². The third-order valence-electron chi connectivity index (χ3n) is 1.98. The summed E-state index contributed by atoms with van der Waals surface area (Å²) in [5, 5.41) is 0. The minimum absolute atomic E-state index is 0.0414. The molecule has 5 heteroatoms. The van der Waals surface area contributed by atoms with Gasteiger partial charge in [0.05, 0.1) is 13.7 Å². The molecule has 0 atom stereocenters. The van der Waals surface area contributed by atoms with Gasteiger partial charge < -0.3 is 10.5 Å². The Morgan fingerprint density at radius 3 is 2.60 bits per heavy atom. The Bertz CT molecular complexity index is 341. The van der Waals surface area contributed by atoms with E-state index in [4.69, 9.17) is 5.73 Å². The highest BCUT2D eigenvalue weighted by Crippen LogP contribution is 2.23. The number of halogens is 3. The van der Waals surface area contributed by atoms with E-state index in [2.05, 4.69) is 4.74 Å². The summed E-state index contributed by atoms with van der Waals surface area (Å²) in [6.07, 6.45) is -0.514. The molecule has 0 aromatic heterocycles. The Morgan fingerprint density at radius 1 is 1.40 bits per heavy atom. The second-order valence-electron chi connectivity index (χ2n) is 3.21. The van der Waals surface area contributed by atoms with Crippen LogP contribution in [0.1, 0.15) is 5.56 Å². The molecule has 0 aliphatic carbocycles. The Balaban J connectivity index is 2.87. The standard InChI is InChI=1S/C10H12F3NO/c1-15-9-4-7(2-3-8(9)11)5-10(12,13)6-14/h2-4H,5-6,14H2,1H3. The lowest BCUT2D eigenvalue weighted by Crippen LogP contribution is -2.30. The summed E-state index contributed by atoms with van der Waals surface area (Å²) in [5.41, 5.74) is 5.19. The zero-order valence-corrected chi connectivity index (χ0v) is 8.27. The maximum atomic E-state index is 12.9. The normalized spacial score (nSPS) is 11.5. The fourth-order valence-corrected chi connectivity index (χ4v) is 1.18. The Labute approximate surface area is 85.8 Å². The zero-order valence-electron chi connectivity index (χ0n) is 8.27. The highest BCUT2D eigenvalue weighted by Gasteiger charge is 2.27. The molecule has 15 heavy (non-hydrogen) atoms. The van der Waals surface area contributed by atoms with Crippen LogP contribution in [0.2, 0.25) is 0 Å². The number of rotatable bonds is 4. The number of alkyl halides is 2. The molecular weight excluding hydrogens is 207 g/mol. The van der Waals surface area contributed by atoms with Crippen LogP contribution in [0.4, 0.5) is 13.2 Å². The maximum Gasteiger partial charge on any atom is 0.264 e. The van der Waals surface area contributed by atoms with E-state index in [0.717, 1.165) is 6.07 Å². The largest absolute Gasteiger partial charge is 0.494 e. The van der Waals surface area contributed by atoms with Crippen molar-refractivity contribution >= 4 is 0 Å². The van der Waals surface area contributed by atoms with Gasteiger partial charge in [0.2, 0.25) is 0 Å². The highest BCUT2D eigenvalue weighted by molar-refractivity contribution is 5.30. The van der Waals surface area contributed by atoms with Crippen molar-refractivity contribution in [2.24, 2.45) is 5.73 Å². The molecule has 84 valence electrons. The molecule has 1 aromatic rings. The molecule has 0 aliphatic rings. The van der Waals surface area contributed by atoms with Gasteiger partial charge in [-0.1, -0.05) is 6.07 Å². The van der Waals surface area contributed by atoms with Gasteiger partial charge in [0.25, 0.3) is 5.92 Å². The third-order valence-corrected chi connectivity index (χ3v) is 1.98. The first-order chi connectivity index (χ1) is 6.98. The van der Waals surface area contributed by atoms with E-state index in [1.807, 2.05) is 0 Å². The van der Waals surface area contributed by atoms with Crippen molar-refractivity contribution in [2.75, 3.05) is 13.7 Å². The lowest BCUT2D eigenvalue weighted by molar-refractivity contribution is 0.0114. The van der Waals surface area contributed by atoms with Crippen molar-refractivity contribution in [1.82, 2.24) is 0 Å². The average molecular weight is 219 g/mol. The third kappa shape index (κ3) is 3.13. The number of ether oxygens (including phenoxy) is 1. The van der Waals surface area contributed by atoms with E-state index in [1.165, 1.54) is 19.2 Å². The van der Waals surface area contributed by atoms with Crippen LogP contribution in [0.5, 0.6) is 5.75 Å². The van der Waals surface area contributed by atoms with Crippen LogP contribution in [0, 0.1) is 5.82 Å². The zero-order chi connectivity index (χ0) is 11.5. The van der Waals surface area contributed by atoms with Crippen LogP contribution in [-0.2, 0) is 6.42 Å². The first kappa shape index (κ1) is 11.8. The molecule has 0 radical (unpaired) electrons. The van der Waals surface area contributed by atoms with Crippen molar-refractivity contribution in [3.63, 3.8) is 0 Å². The first-order valence-electron chi connectivity index (χ1n) is 4.39. The smallest absolute Gasteiger partial charge is 0.264 e. The second kappa shape index (κ2) is 4.53. The molecule has 0 fully saturated rings. The second-order valence-corrected chi connectivity index (χ2v) is 3.21. The van der Waals surface area contributed by atoms with Crippen molar-refractivity contribution < 1.29 is 17.9 Å². The Morgan fingerprint density at radius 2 is 2.07 bits per heavy atom. The van der Waals surface area contributed by atoms with Crippen LogP contribution >= 0.6 is 0 Å². The summed E-state index contributed by atoms with van der Waals surface area (Å²) < 4.78 is 43.5. The van der Waals surface area contributed by atoms with Gasteiger partial charge in [-0.15, -0.1) is 0 Å². The molecule has 0 amide bonds. The quantitative estimate of drug-likeness (QED) is 0.840. The average Bonchev–Trinajstić information content (AvgIpc) is 2.20. The number of nitrogens with two attached hydrogens (primary N) is 1. The van der Waals surface area contributed by atoms with Gasteiger partial charge in [0.1, 0.15) is 0 Å². The fourth-order valence-electron chi connectivity index (χ4n) is 1.18. The van der Waals surface area contributed by atoms with E-state index < -0.39 is 24.7 Å². The Hall–Kier alpha value is -1.23. The Kier molecular flexibility index (Phi) is 3.57. The van der Waals surface area contributed by atoms with Gasteiger partial charge in [0.15, 0.2) is 11.6 Å². The van der Waals surface area contributed by atoms with Crippen LogP contribution in [-0.4, -0.2) is 19.6 Å². The van der Waals surface area contributed by atoms with Gasteiger partial charge in [-0.05, 0) is 17.7 Å². The topological polar surface area (TPSA) is 35.2 Å². The van der Waals surface area contributed by atoms with E-state index >= 15 is 0 Å². The van der Waals surface area contributed by atoms with Crippen molar-refractivity contribution in [3.05, 3.63) is 29.6 Å². The van der Waals surface area contributed by atoms with Crippen molar-refractivity contribution in [1.29, 1.82) is 0 Å². The SMILES string of the molecule is COc1cc(CC(F)(F)CN)ccc1F. The van der Waals surface area contributed by atoms with Crippen LogP contribution in [0.15, 0.2) is 18.2 Å². The van der Waals surface area contributed by atoms with E-state index in [9.17, 15) is 13.2 Å². The lowest BCUT2D eigenvalue weighted by Gasteiger charge is -2.14. The minimum Gasteiger partial charge on any atom is -0.494 e. The molecule has 1 aromatic carbocycles. The van der Waals surface area contributed by atoms with Gasteiger partial charge >= 0.3 is 0 Å². The fraction of sp³-hybridized carbons (Fsp3) is 0.400. The molecule has 0 saturated heterocycles. The molecule has 0 aliphatic heterocycles. The summed E-state index contributed by atoms with van der Waals surface area (Å²) in [5.74, 6) is -3.58. The molecule has 0 heterocycles. The van der Waals surface area contributed by atoms with Crippen molar-refractivity contribution in [2.45, 2.75) is 12.3 Å². The number of methoxy groups -OCH3 is 1. The van der Waals surface area contributed by atoms with E-state index in [-0.39, 0.29) is 5.75 Å². The maximum absolute atomic E-state index is 12.9. The number of hydrogen-bond acceptors (Lipinski definition) is 2. The highest BCUT2D eigenvalue weighted by atomic mass is 19.3. The summed E-state index contributed by atoms with van der Waals surface area (Å²) in [6, 6.07) is 3.64. The summed E-state index contributed by atoms with van der Waals surface area (Å²) in [6.45, 7) is -0.729. The van der Waals surface area contributed by atoms with Gasteiger partial charge in [-0.25, -0.2) is 13.2 Å². The molecule has 0 bridgehead atoms. The number of benzene rings is 1. The number of hydrogen-bond donors (Lipinski definition) is 1. The van der Waals surface area contributed by atoms with Crippen LogP contribution in [0.3, 0.4) is 0 Å². The monoisotopic (exact) mass is 219 g/mol. The van der Waals surface area contributed by atoms with Gasteiger partial charge in [-0.3, -0.25) is 0 Å². The molecule has 2 N–H and O–H groups in total.